The van der Waals surface area contributed by atoms with Crippen molar-refractivity contribution < 1.29 is 9.59 Å². The minimum atomic E-state index is -0.840. The van der Waals surface area contributed by atoms with Gasteiger partial charge in [0.1, 0.15) is 5.66 Å². The third-order valence-electron chi connectivity index (χ3n) is 4.24. The predicted octanol–water partition coefficient (Wildman–Crippen LogP) is 3.44. The Morgan fingerprint density at radius 3 is 2.13 bits per heavy atom. The second-order valence-electron chi connectivity index (χ2n) is 5.55. The zero-order valence-electron chi connectivity index (χ0n) is 13.1. The summed E-state index contributed by atoms with van der Waals surface area (Å²) in [4.78, 5) is 25.5. The van der Waals surface area contributed by atoms with Crippen LogP contribution in [0.2, 0.25) is 0 Å². The highest BCUT2D eigenvalue weighted by atomic mass is 32.2. The van der Waals surface area contributed by atoms with Crippen molar-refractivity contribution >= 4 is 22.9 Å². The standard InChI is InChI=1S/C18H18N2O2S/c1-18(19-2,20-16(21)12-23-17(20)22)15-10-8-14(9-11-15)13-6-4-3-5-7-13/h3-11,19H,12H2,1-2H3. The molecule has 0 bridgehead atoms. The largest absolute Gasteiger partial charge is 0.294 e. The van der Waals surface area contributed by atoms with Gasteiger partial charge in [0.05, 0.1) is 5.75 Å². The second kappa shape index (κ2) is 6.18. The molecule has 0 aliphatic carbocycles. The third-order valence-corrected chi connectivity index (χ3v) is 5.06. The van der Waals surface area contributed by atoms with Gasteiger partial charge in [0.25, 0.3) is 5.24 Å². The Balaban J connectivity index is 1.96. The van der Waals surface area contributed by atoms with Gasteiger partial charge in [-0.3, -0.25) is 14.9 Å². The fourth-order valence-electron chi connectivity index (χ4n) is 2.79. The highest BCUT2D eigenvalue weighted by Crippen LogP contribution is 2.34. The molecule has 2 aromatic rings. The number of nitrogens with one attached hydrogen (secondary N) is 1. The van der Waals surface area contributed by atoms with Crippen LogP contribution in [0.25, 0.3) is 11.1 Å². The molecule has 0 saturated carbocycles. The number of benzene rings is 2. The van der Waals surface area contributed by atoms with E-state index in [-0.39, 0.29) is 16.9 Å². The van der Waals surface area contributed by atoms with E-state index in [2.05, 4.69) is 17.4 Å². The molecule has 4 nitrogen and oxygen atoms in total. The van der Waals surface area contributed by atoms with Gasteiger partial charge in [-0.1, -0.05) is 66.4 Å². The summed E-state index contributed by atoms with van der Waals surface area (Å²) in [6, 6.07) is 18.0. The van der Waals surface area contributed by atoms with E-state index in [9.17, 15) is 9.59 Å². The summed E-state index contributed by atoms with van der Waals surface area (Å²) >= 11 is 1.05. The summed E-state index contributed by atoms with van der Waals surface area (Å²) in [5.41, 5.74) is 2.27. The molecule has 118 valence electrons. The molecule has 5 heteroatoms. The molecule has 1 unspecified atom stereocenters. The van der Waals surface area contributed by atoms with Crippen LogP contribution in [0.3, 0.4) is 0 Å². The summed E-state index contributed by atoms with van der Waals surface area (Å²) in [7, 11) is 1.76. The predicted molar refractivity (Wildman–Crippen MR) is 93.0 cm³/mol. The van der Waals surface area contributed by atoms with Crippen molar-refractivity contribution in [2.75, 3.05) is 12.8 Å². The van der Waals surface area contributed by atoms with Crippen molar-refractivity contribution in [2.24, 2.45) is 0 Å². The number of thioether (sulfide) groups is 1. The van der Waals surface area contributed by atoms with E-state index in [1.54, 1.807) is 7.05 Å². The number of imide groups is 1. The van der Waals surface area contributed by atoms with Gasteiger partial charge in [-0.05, 0) is 30.7 Å². The summed E-state index contributed by atoms with van der Waals surface area (Å²) in [5.74, 6) is 0.0436. The van der Waals surface area contributed by atoms with Crippen LogP contribution in [0.5, 0.6) is 0 Å². The van der Waals surface area contributed by atoms with E-state index in [1.165, 1.54) is 4.90 Å². The number of carbonyl (C=O) groups excluding carboxylic acids is 2. The van der Waals surface area contributed by atoms with Crippen LogP contribution in [0.15, 0.2) is 54.6 Å². The van der Waals surface area contributed by atoms with Gasteiger partial charge in [0.2, 0.25) is 5.91 Å². The van der Waals surface area contributed by atoms with Gasteiger partial charge in [0.15, 0.2) is 0 Å². The van der Waals surface area contributed by atoms with E-state index in [1.807, 2.05) is 49.4 Å². The number of nitrogens with zero attached hydrogens (tertiary/aromatic N) is 1. The monoisotopic (exact) mass is 326 g/mol. The normalized spacial score (nSPS) is 17.4. The first-order chi connectivity index (χ1) is 11.1. The summed E-state index contributed by atoms with van der Waals surface area (Å²) < 4.78 is 0. The topological polar surface area (TPSA) is 49.4 Å². The van der Waals surface area contributed by atoms with Gasteiger partial charge in [-0.15, -0.1) is 0 Å². The van der Waals surface area contributed by atoms with Crippen LogP contribution >= 0.6 is 11.8 Å². The van der Waals surface area contributed by atoms with Crippen molar-refractivity contribution in [3.63, 3.8) is 0 Å². The van der Waals surface area contributed by atoms with Gasteiger partial charge in [-0.25, -0.2) is 4.90 Å². The zero-order valence-corrected chi connectivity index (χ0v) is 13.9. The SMILES string of the molecule is CNC(C)(c1ccc(-c2ccccc2)cc1)N1C(=O)CSC1=O. The minimum Gasteiger partial charge on any atom is -0.294 e. The van der Waals surface area contributed by atoms with E-state index in [0.29, 0.717) is 0 Å². The summed E-state index contributed by atoms with van der Waals surface area (Å²) in [6.07, 6.45) is 0. The molecule has 1 heterocycles. The highest BCUT2D eigenvalue weighted by molar-refractivity contribution is 8.14. The molecule has 1 fully saturated rings. The van der Waals surface area contributed by atoms with Crippen LogP contribution in [-0.4, -0.2) is 28.8 Å². The average molecular weight is 326 g/mol. The molecule has 2 amide bonds. The fraction of sp³-hybridized carbons (Fsp3) is 0.222. The number of rotatable bonds is 4. The molecule has 0 aromatic heterocycles. The van der Waals surface area contributed by atoms with Crippen molar-refractivity contribution in [1.82, 2.24) is 10.2 Å². The average Bonchev–Trinajstić information content (AvgIpc) is 2.94. The van der Waals surface area contributed by atoms with Crippen LogP contribution < -0.4 is 5.32 Å². The van der Waals surface area contributed by atoms with Crippen LogP contribution in [0.4, 0.5) is 4.79 Å². The van der Waals surface area contributed by atoms with Gasteiger partial charge < -0.3 is 0 Å². The molecule has 1 aliphatic rings. The van der Waals surface area contributed by atoms with Crippen LogP contribution in [-0.2, 0) is 10.5 Å². The van der Waals surface area contributed by atoms with Crippen LogP contribution in [0, 0.1) is 0 Å². The van der Waals surface area contributed by atoms with Crippen molar-refractivity contribution in [3.05, 3.63) is 60.2 Å². The number of carbonyl (C=O) groups is 2. The molecule has 1 saturated heterocycles. The van der Waals surface area contributed by atoms with E-state index in [0.717, 1.165) is 28.5 Å². The van der Waals surface area contributed by atoms with Gasteiger partial charge in [0, 0.05) is 0 Å². The van der Waals surface area contributed by atoms with Crippen molar-refractivity contribution in [3.8, 4) is 11.1 Å². The summed E-state index contributed by atoms with van der Waals surface area (Å²) in [5, 5.41) is 2.92. The Bertz CT molecular complexity index is 714. The van der Waals surface area contributed by atoms with Crippen LogP contribution in [0.1, 0.15) is 12.5 Å². The third kappa shape index (κ3) is 2.78. The fourth-order valence-corrected chi connectivity index (χ4v) is 3.58. The maximum absolute atomic E-state index is 12.1. The molecule has 1 N–H and O–H groups in total. The molecule has 1 atom stereocenters. The molecule has 1 aliphatic heterocycles. The Morgan fingerprint density at radius 1 is 1.00 bits per heavy atom. The molecular weight excluding hydrogens is 308 g/mol. The molecule has 3 rings (SSSR count). The van der Waals surface area contributed by atoms with E-state index >= 15 is 0 Å². The second-order valence-corrected chi connectivity index (χ2v) is 6.48. The van der Waals surface area contributed by atoms with Crippen molar-refractivity contribution in [2.45, 2.75) is 12.6 Å². The molecule has 2 aromatic carbocycles. The smallest absolute Gasteiger partial charge is 0.290 e. The van der Waals surface area contributed by atoms with Gasteiger partial charge >= 0.3 is 0 Å². The quantitative estimate of drug-likeness (QED) is 0.935. The first-order valence-electron chi connectivity index (χ1n) is 7.41. The number of hydrogen-bond donors (Lipinski definition) is 1. The van der Waals surface area contributed by atoms with Gasteiger partial charge in [-0.2, -0.15) is 0 Å². The first-order valence-corrected chi connectivity index (χ1v) is 8.39. The Morgan fingerprint density at radius 2 is 1.61 bits per heavy atom. The lowest BCUT2D eigenvalue weighted by Crippen LogP contribution is -2.54. The number of hydrogen-bond acceptors (Lipinski definition) is 4. The van der Waals surface area contributed by atoms with Crippen molar-refractivity contribution in [1.29, 1.82) is 0 Å². The number of amides is 2. The van der Waals surface area contributed by atoms with E-state index < -0.39 is 5.66 Å². The maximum Gasteiger partial charge on any atom is 0.290 e. The zero-order chi connectivity index (χ0) is 16.4. The Labute approximate surface area is 139 Å². The lowest BCUT2D eigenvalue weighted by molar-refractivity contribution is -0.129. The summed E-state index contributed by atoms with van der Waals surface area (Å²) in [6.45, 7) is 1.85. The first kappa shape index (κ1) is 15.8. The molecule has 0 radical (unpaired) electrons. The minimum absolute atomic E-state index is 0.163. The highest BCUT2D eigenvalue weighted by Gasteiger charge is 2.44. The lowest BCUT2D eigenvalue weighted by atomic mass is 9.96. The maximum atomic E-state index is 12.1. The Kier molecular flexibility index (Phi) is 4.24. The van der Waals surface area contributed by atoms with E-state index in [4.69, 9.17) is 0 Å². The molecular formula is C18H18N2O2S. The molecule has 23 heavy (non-hydrogen) atoms. The molecule has 0 spiro atoms. The Hall–Kier alpha value is -2.11. The lowest BCUT2D eigenvalue weighted by Gasteiger charge is -2.37.